The summed E-state index contributed by atoms with van der Waals surface area (Å²) in [5.74, 6) is 0.228. The number of aromatic nitrogens is 2. The van der Waals surface area contributed by atoms with Gasteiger partial charge in [0.1, 0.15) is 5.78 Å². The predicted octanol–water partition coefficient (Wildman–Crippen LogP) is 2.50. The Bertz CT molecular complexity index is 416. The van der Waals surface area contributed by atoms with E-state index < -0.39 is 0 Å². The number of rotatable bonds is 5. The fourth-order valence-electron chi connectivity index (χ4n) is 1.74. The number of carbonyl (C=O) groups is 1. The zero-order valence-corrected chi connectivity index (χ0v) is 10.6. The molecule has 0 aromatic carbocycles. The molecule has 0 aliphatic rings. The first-order chi connectivity index (χ1) is 7.45. The summed E-state index contributed by atoms with van der Waals surface area (Å²) in [6.45, 7) is 9.83. The smallest absolute Gasteiger partial charge is 0.141 e. The minimum Gasteiger partial charge on any atom is -0.299 e. The lowest BCUT2D eigenvalue weighted by atomic mass is 10.0. The fraction of sp³-hybridized carbons (Fsp3) is 0.538. The molecule has 1 heterocycles. The topological polar surface area (TPSA) is 34.9 Å². The third-order valence-electron chi connectivity index (χ3n) is 2.98. The molecule has 0 aliphatic heterocycles. The van der Waals surface area contributed by atoms with Gasteiger partial charge in [0.15, 0.2) is 0 Å². The second kappa shape index (κ2) is 5.10. The summed E-state index contributed by atoms with van der Waals surface area (Å²) in [6, 6.07) is 0. The Kier molecular flexibility index (Phi) is 4.05. The highest BCUT2D eigenvalue weighted by atomic mass is 16.1. The number of hydrogen-bond acceptors (Lipinski definition) is 2. The van der Waals surface area contributed by atoms with Crippen LogP contribution in [-0.2, 0) is 18.3 Å². The summed E-state index contributed by atoms with van der Waals surface area (Å²) < 4.78 is 1.83. The van der Waals surface area contributed by atoms with Crippen LogP contribution in [0.25, 0.3) is 0 Å². The molecule has 0 bridgehead atoms. The quantitative estimate of drug-likeness (QED) is 0.715. The maximum atomic E-state index is 11.8. The van der Waals surface area contributed by atoms with E-state index in [4.69, 9.17) is 0 Å². The Balaban J connectivity index is 2.73. The molecule has 1 rings (SSSR count). The van der Waals surface area contributed by atoms with Gasteiger partial charge in [-0.1, -0.05) is 19.1 Å². The van der Waals surface area contributed by atoms with Crippen molar-refractivity contribution in [2.75, 3.05) is 0 Å². The minimum atomic E-state index is 0.228. The molecule has 0 atom stereocenters. The second-order valence-electron chi connectivity index (χ2n) is 4.27. The first kappa shape index (κ1) is 12.7. The number of Topliss-reactive ketones (excluding diaryl/α,β-unsaturated/α-hetero) is 1. The largest absolute Gasteiger partial charge is 0.299 e. The summed E-state index contributed by atoms with van der Waals surface area (Å²) in [7, 11) is 1.90. The third-order valence-corrected chi connectivity index (χ3v) is 2.98. The number of aryl methyl sites for hydroxylation is 2. The van der Waals surface area contributed by atoms with E-state index in [0.717, 1.165) is 28.9 Å². The Morgan fingerprint density at radius 2 is 2.06 bits per heavy atom. The lowest BCUT2D eigenvalue weighted by Crippen LogP contribution is -2.05. The summed E-state index contributed by atoms with van der Waals surface area (Å²) in [5, 5.41) is 4.30. The van der Waals surface area contributed by atoms with E-state index in [1.165, 1.54) is 0 Å². The van der Waals surface area contributed by atoms with Crippen molar-refractivity contribution in [2.24, 2.45) is 7.05 Å². The van der Waals surface area contributed by atoms with Crippen LogP contribution in [0.3, 0.4) is 0 Å². The van der Waals surface area contributed by atoms with Crippen LogP contribution in [0.2, 0.25) is 0 Å². The molecule has 0 aliphatic carbocycles. The molecule has 3 heteroatoms. The summed E-state index contributed by atoms with van der Waals surface area (Å²) >= 11 is 0. The van der Waals surface area contributed by atoms with E-state index in [-0.39, 0.29) is 5.78 Å². The molecule has 1 aromatic rings. The van der Waals surface area contributed by atoms with Crippen molar-refractivity contribution in [2.45, 2.75) is 40.0 Å². The van der Waals surface area contributed by atoms with Gasteiger partial charge in [0.05, 0.1) is 5.69 Å². The van der Waals surface area contributed by atoms with Crippen molar-refractivity contribution in [3.05, 3.63) is 29.1 Å². The van der Waals surface area contributed by atoms with Gasteiger partial charge in [0.2, 0.25) is 0 Å². The maximum absolute atomic E-state index is 11.8. The van der Waals surface area contributed by atoms with Gasteiger partial charge < -0.3 is 0 Å². The Labute approximate surface area is 97.2 Å². The van der Waals surface area contributed by atoms with Crippen molar-refractivity contribution in [1.82, 2.24) is 9.78 Å². The number of nitrogens with zero attached hydrogens (tertiary/aromatic N) is 2. The molecular formula is C13H20N2O. The molecule has 88 valence electrons. The monoisotopic (exact) mass is 220 g/mol. The molecule has 0 saturated carbocycles. The molecule has 0 N–H and O–H groups in total. The van der Waals surface area contributed by atoms with E-state index in [9.17, 15) is 4.79 Å². The van der Waals surface area contributed by atoms with Crippen LogP contribution in [0.5, 0.6) is 0 Å². The average Bonchev–Trinajstić information content (AvgIpc) is 2.45. The van der Waals surface area contributed by atoms with Crippen molar-refractivity contribution >= 4 is 5.78 Å². The van der Waals surface area contributed by atoms with Crippen molar-refractivity contribution < 1.29 is 4.79 Å². The van der Waals surface area contributed by atoms with Crippen LogP contribution in [-0.4, -0.2) is 15.6 Å². The molecule has 0 spiro atoms. The number of ketones is 1. The zero-order valence-electron chi connectivity index (χ0n) is 10.6. The van der Waals surface area contributed by atoms with Crippen molar-refractivity contribution in [1.29, 1.82) is 0 Å². The molecular weight excluding hydrogens is 200 g/mol. The van der Waals surface area contributed by atoms with Gasteiger partial charge in [-0.15, -0.1) is 0 Å². The second-order valence-corrected chi connectivity index (χ2v) is 4.27. The van der Waals surface area contributed by atoms with Gasteiger partial charge in [-0.3, -0.25) is 9.48 Å². The van der Waals surface area contributed by atoms with Crippen molar-refractivity contribution in [3.8, 4) is 0 Å². The summed E-state index contributed by atoms with van der Waals surface area (Å²) in [6.07, 6.45) is 1.84. The number of carbonyl (C=O) groups excluding carboxylic acids is 1. The zero-order chi connectivity index (χ0) is 12.3. The van der Waals surface area contributed by atoms with Crippen LogP contribution >= 0.6 is 0 Å². The van der Waals surface area contributed by atoms with Crippen molar-refractivity contribution in [3.63, 3.8) is 0 Å². The highest BCUT2D eigenvalue weighted by Gasteiger charge is 2.13. The summed E-state index contributed by atoms with van der Waals surface area (Å²) in [5.41, 5.74) is 4.10. The molecule has 0 amide bonds. The van der Waals surface area contributed by atoms with Gasteiger partial charge in [-0.05, 0) is 20.3 Å². The van der Waals surface area contributed by atoms with Crippen LogP contribution in [0.15, 0.2) is 12.2 Å². The van der Waals surface area contributed by atoms with Gasteiger partial charge in [-0.25, -0.2) is 0 Å². The van der Waals surface area contributed by atoms with E-state index in [1.807, 2.05) is 32.5 Å². The SMILES string of the molecule is C=C(CC)CC(=O)Cc1c(C)nn(C)c1C. The molecule has 0 fully saturated rings. The minimum absolute atomic E-state index is 0.228. The molecule has 0 radical (unpaired) electrons. The van der Waals surface area contributed by atoms with E-state index >= 15 is 0 Å². The van der Waals surface area contributed by atoms with Crippen LogP contribution in [0.4, 0.5) is 0 Å². The fourth-order valence-corrected chi connectivity index (χ4v) is 1.74. The lowest BCUT2D eigenvalue weighted by Gasteiger charge is -2.03. The molecule has 16 heavy (non-hydrogen) atoms. The van der Waals surface area contributed by atoms with Gasteiger partial charge in [0, 0.05) is 31.1 Å². The Hall–Kier alpha value is -1.38. The maximum Gasteiger partial charge on any atom is 0.141 e. The van der Waals surface area contributed by atoms with Crippen LogP contribution in [0, 0.1) is 13.8 Å². The Morgan fingerprint density at radius 1 is 1.44 bits per heavy atom. The van der Waals surface area contributed by atoms with Gasteiger partial charge in [0.25, 0.3) is 0 Å². The molecule has 0 saturated heterocycles. The van der Waals surface area contributed by atoms with Crippen LogP contribution < -0.4 is 0 Å². The summed E-state index contributed by atoms with van der Waals surface area (Å²) in [4.78, 5) is 11.8. The third kappa shape index (κ3) is 2.81. The van der Waals surface area contributed by atoms with E-state index in [1.54, 1.807) is 0 Å². The molecule has 1 aromatic heterocycles. The first-order valence-corrected chi connectivity index (χ1v) is 5.63. The van der Waals surface area contributed by atoms with E-state index in [0.29, 0.717) is 12.8 Å². The van der Waals surface area contributed by atoms with E-state index in [2.05, 4.69) is 11.7 Å². The van der Waals surface area contributed by atoms with Crippen LogP contribution in [0.1, 0.15) is 36.7 Å². The van der Waals surface area contributed by atoms with Gasteiger partial charge >= 0.3 is 0 Å². The first-order valence-electron chi connectivity index (χ1n) is 5.63. The van der Waals surface area contributed by atoms with Gasteiger partial charge in [-0.2, -0.15) is 5.10 Å². The number of hydrogen-bond donors (Lipinski definition) is 0. The number of allylic oxidation sites excluding steroid dienone is 1. The standard InChI is InChI=1S/C13H20N2O/c1-6-9(2)7-12(16)8-13-10(3)14-15(5)11(13)4/h2,6-8H2,1,3-5H3. The predicted molar refractivity (Wildman–Crippen MR) is 65.4 cm³/mol. The lowest BCUT2D eigenvalue weighted by molar-refractivity contribution is -0.117. The highest BCUT2D eigenvalue weighted by molar-refractivity contribution is 5.83. The Morgan fingerprint density at radius 3 is 2.50 bits per heavy atom. The molecule has 0 unspecified atom stereocenters. The normalized spacial score (nSPS) is 10.5. The average molecular weight is 220 g/mol. The highest BCUT2D eigenvalue weighted by Crippen LogP contribution is 2.15. The molecule has 3 nitrogen and oxygen atoms in total.